The second-order valence-corrected chi connectivity index (χ2v) is 8.57. The van der Waals surface area contributed by atoms with Gasteiger partial charge >= 0.3 is 5.97 Å². The first-order valence-electron chi connectivity index (χ1n) is 10.8. The molecular formula is C21H36N4O4. The minimum Gasteiger partial charge on any atom is -0.481 e. The summed E-state index contributed by atoms with van der Waals surface area (Å²) in [6.45, 7) is 1.48. The summed E-state index contributed by atoms with van der Waals surface area (Å²) in [5.74, 6) is -0.500. The van der Waals surface area contributed by atoms with E-state index in [1.54, 1.807) is 11.9 Å². The molecule has 1 heterocycles. The zero-order valence-corrected chi connectivity index (χ0v) is 18.1. The van der Waals surface area contributed by atoms with Crippen molar-refractivity contribution in [2.75, 3.05) is 34.2 Å². The number of amides is 1. The fraction of sp³-hybridized carbons (Fsp3) is 0.810. The van der Waals surface area contributed by atoms with Crippen LogP contribution in [0.15, 0.2) is 4.52 Å². The van der Waals surface area contributed by atoms with E-state index < -0.39 is 5.97 Å². The molecule has 0 spiro atoms. The van der Waals surface area contributed by atoms with Crippen molar-refractivity contribution < 1.29 is 19.2 Å². The lowest BCUT2D eigenvalue weighted by molar-refractivity contribution is -0.137. The van der Waals surface area contributed by atoms with Gasteiger partial charge in [-0.1, -0.05) is 50.1 Å². The number of hydrogen-bond acceptors (Lipinski definition) is 6. The third-order valence-electron chi connectivity index (χ3n) is 5.74. The summed E-state index contributed by atoms with van der Waals surface area (Å²) < 4.78 is 5.30. The van der Waals surface area contributed by atoms with Crippen molar-refractivity contribution in [2.24, 2.45) is 5.92 Å². The van der Waals surface area contributed by atoms with Crippen molar-refractivity contribution in [1.29, 1.82) is 0 Å². The molecule has 164 valence electrons. The van der Waals surface area contributed by atoms with Crippen LogP contribution in [-0.4, -0.2) is 71.2 Å². The molecule has 1 aliphatic carbocycles. The van der Waals surface area contributed by atoms with Crippen molar-refractivity contribution in [1.82, 2.24) is 19.9 Å². The fourth-order valence-corrected chi connectivity index (χ4v) is 4.04. The first kappa shape index (κ1) is 23.3. The summed E-state index contributed by atoms with van der Waals surface area (Å²) in [6.07, 6.45) is 10.1. The molecule has 1 amide bonds. The molecule has 29 heavy (non-hydrogen) atoms. The average Bonchev–Trinajstić information content (AvgIpc) is 3.17. The second kappa shape index (κ2) is 11.9. The lowest BCUT2D eigenvalue weighted by atomic mass is 9.84. The van der Waals surface area contributed by atoms with Crippen LogP contribution < -0.4 is 0 Å². The Labute approximate surface area is 173 Å². The molecule has 8 heteroatoms. The minimum atomic E-state index is -0.889. The topological polar surface area (TPSA) is 99.8 Å². The predicted octanol–water partition coefficient (Wildman–Crippen LogP) is 3.40. The van der Waals surface area contributed by atoms with Gasteiger partial charge in [0.15, 0.2) is 0 Å². The number of aliphatic carboxylic acids is 1. The molecule has 1 saturated carbocycles. The zero-order chi connectivity index (χ0) is 21.2. The van der Waals surface area contributed by atoms with Crippen molar-refractivity contribution in [3.05, 3.63) is 11.7 Å². The first-order valence-corrected chi connectivity index (χ1v) is 10.8. The van der Waals surface area contributed by atoms with Gasteiger partial charge in [0, 0.05) is 19.5 Å². The smallest absolute Gasteiger partial charge is 0.304 e. The molecule has 0 radical (unpaired) electrons. The lowest BCUT2D eigenvalue weighted by Crippen LogP contribution is -2.30. The Hall–Kier alpha value is -1.96. The monoisotopic (exact) mass is 408 g/mol. The molecule has 1 aliphatic rings. The molecule has 0 saturated heterocycles. The van der Waals surface area contributed by atoms with Crippen LogP contribution in [0, 0.1) is 5.92 Å². The van der Waals surface area contributed by atoms with E-state index in [9.17, 15) is 14.7 Å². The van der Waals surface area contributed by atoms with Crippen molar-refractivity contribution >= 4 is 11.9 Å². The highest BCUT2D eigenvalue weighted by Crippen LogP contribution is 2.31. The summed E-state index contributed by atoms with van der Waals surface area (Å²) in [4.78, 5) is 31.7. The Morgan fingerprint density at radius 3 is 2.52 bits per heavy atom. The van der Waals surface area contributed by atoms with Crippen LogP contribution in [0.4, 0.5) is 0 Å². The van der Waals surface area contributed by atoms with Gasteiger partial charge in [0.1, 0.15) is 0 Å². The van der Waals surface area contributed by atoms with Crippen molar-refractivity contribution in [3.63, 3.8) is 0 Å². The van der Waals surface area contributed by atoms with E-state index in [2.05, 4.69) is 15.0 Å². The summed E-state index contributed by atoms with van der Waals surface area (Å²) >= 11 is 0. The largest absolute Gasteiger partial charge is 0.481 e. The van der Waals surface area contributed by atoms with E-state index in [0.29, 0.717) is 13.0 Å². The number of carbonyl (C=O) groups excluding carboxylic acids is 1. The van der Waals surface area contributed by atoms with Crippen LogP contribution in [0.5, 0.6) is 0 Å². The van der Waals surface area contributed by atoms with Gasteiger partial charge in [-0.05, 0) is 39.4 Å². The number of carbonyl (C=O) groups is 2. The third-order valence-corrected chi connectivity index (χ3v) is 5.74. The van der Waals surface area contributed by atoms with E-state index in [1.165, 1.54) is 32.1 Å². The summed E-state index contributed by atoms with van der Waals surface area (Å²) in [6, 6.07) is 0. The van der Waals surface area contributed by atoms with Gasteiger partial charge in [0.2, 0.25) is 5.89 Å². The van der Waals surface area contributed by atoms with E-state index in [0.717, 1.165) is 31.7 Å². The van der Waals surface area contributed by atoms with E-state index in [1.807, 2.05) is 14.1 Å². The van der Waals surface area contributed by atoms with Crippen LogP contribution in [0.1, 0.15) is 86.6 Å². The Morgan fingerprint density at radius 2 is 1.86 bits per heavy atom. The standard InChI is InChI=1S/C21H36N4O4/c1-24(2)13-8-14-25(3)21(28)19-22-20(29-23-19)17(15-18(26)27)12-7-11-16-9-5-4-6-10-16/h16-17H,4-15H2,1-3H3,(H,26,27)/t17-/m1/s1. The van der Waals surface area contributed by atoms with Gasteiger partial charge in [-0.2, -0.15) is 4.98 Å². The maximum Gasteiger partial charge on any atom is 0.304 e. The molecule has 1 N–H and O–H groups in total. The Balaban J connectivity index is 1.91. The van der Waals surface area contributed by atoms with E-state index >= 15 is 0 Å². The molecule has 1 fully saturated rings. The summed E-state index contributed by atoms with van der Waals surface area (Å²) in [7, 11) is 5.70. The van der Waals surface area contributed by atoms with Gasteiger partial charge < -0.3 is 19.4 Å². The normalized spacial score (nSPS) is 16.1. The summed E-state index contributed by atoms with van der Waals surface area (Å²) in [5.41, 5.74) is 0. The van der Waals surface area contributed by atoms with Crippen molar-refractivity contribution in [2.45, 2.75) is 70.1 Å². The van der Waals surface area contributed by atoms with Crippen LogP contribution in [0.25, 0.3) is 0 Å². The highest BCUT2D eigenvalue weighted by Gasteiger charge is 2.26. The van der Waals surface area contributed by atoms with Gasteiger partial charge in [-0.15, -0.1) is 0 Å². The third kappa shape index (κ3) is 8.12. The lowest BCUT2D eigenvalue weighted by Gasteiger charge is -2.21. The fourth-order valence-electron chi connectivity index (χ4n) is 4.04. The quantitative estimate of drug-likeness (QED) is 0.566. The Morgan fingerprint density at radius 1 is 1.14 bits per heavy atom. The number of nitrogens with zero attached hydrogens (tertiary/aromatic N) is 4. The van der Waals surface area contributed by atoms with E-state index in [4.69, 9.17) is 4.52 Å². The summed E-state index contributed by atoms with van der Waals surface area (Å²) in [5, 5.41) is 13.1. The first-order chi connectivity index (χ1) is 13.9. The number of aromatic nitrogens is 2. The minimum absolute atomic E-state index is 0.00928. The molecule has 0 bridgehead atoms. The van der Waals surface area contributed by atoms with Crippen LogP contribution in [0.2, 0.25) is 0 Å². The molecule has 1 aromatic rings. The SMILES string of the molecule is CN(C)CCCN(C)C(=O)c1noc([C@H](CCCC2CCCCC2)CC(=O)O)n1. The number of carboxylic acids is 1. The number of rotatable bonds is 12. The zero-order valence-electron chi connectivity index (χ0n) is 18.1. The Kier molecular flexibility index (Phi) is 9.57. The Bertz CT molecular complexity index is 640. The molecular weight excluding hydrogens is 372 g/mol. The van der Waals surface area contributed by atoms with Gasteiger partial charge in [-0.25, -0.2) is 0 Å². The predicted molar refractivity (Wildman–Crippen MR) is 110 cm³/mol. The molecule has 0 aromatic carbocycles. The molecule has 1 aromatic heterocycles. The molecule has 8 nitrogen and oxygen atoms in total. The maximum absolute atomic E-state index is 12.5. The second-order valence-electron chi connectivity index (χ2n) is 8.57. The van der Waals surface area contributed by atoms with E-state index in [-0.39, 0.29) is 30.0 Å². The van der Waals surface area contributed by atoms with Gasteiger partial charge in [-0.3, -0.25) is 9.59 Å². The maximum atomic E-state index is 12.5. The highest BCUT2D eigenvalue weighted by atomic mass is 16.5. The molecule has 0 aliphatic heterocycles. The van der Waals surface area contributed by atoms with Crippen LogP contribution in [-0.2, 0) is 4.79 Å². The van der Waals surface area contributed by atoms with Gasteiger partial charge in [0.25, 0.3) is 11.7 Å². The molecule has 1 atom stereocenters. The van der Waals surface area contributed by atoms with Crippen LogP contribution in [0.3, 0.4) is 0 Å². The van der Waals surface area contributed by atoms with Gasteiger partial charge in [0.05, 0.1) is 6.42 Å². The number of carboxylic acid groups (broad SMARTS) is 1. The highest BCUT2D eigenvalue weighted by molar-refractivity contribution is 5.90. The number of hydrogen-bond donors (Lipinski definition) is 1. The molecule has 2 rings (SSSR count). The molecule has 0 unspecified atom stereocenters. The van der Waals surface area contributed by atoms with Crippen molar-refractivity contribution in [3.8, 4) is 0 Å². The van der Waals surface area contributed by atoms with Crippen LogP contribution >= 0.6 is 0 Å². The average molecular weight is 409 g/mol.